The summed E-state index contributed by atoms with van der Waals surface area (Å²) in [5.74, 6) is 0.310. The third-order valence-corrected chi connectivity index (χ3v) is 4.86. The Hall–Kier alpha value is -2.53. The molecule has 0 radical (unpaired) electrons. The highest BCUT2D eigenvalue weighted by Crippen LogP contribution is 2.24. The van der Waals surface area contributed by atoms with E-state index in [1.54, 1.807) is 4.80 Å². The molecule has 1 aliphatic rings. The highest BCUT2D eigenvalue weighted by molar-refractivity contribution is 5.80. The van der Waals surface area contributed by atoms with Crippen LogP contribution in [0.3, 0.4) is 0 Å². The van der Waals surface area contributed by atoms with Crippen molar-refractivity contribution in [1.29, 1.82) is 0 Å². The van der Waals surface area contributed by atoms with E-state index in [9.17, 15) is 5.11 Å². The topological polar surface area (TPSA) is 63.3 Å². The van der Waals surface area contributed by atoms with Crippen molar-refractivity contribution >= 4 is 17.2 Å². The molecule has 4 rings (SSSR count). The van der Waals surface area contributed by atoms with Gasteiger partial charge in [0.25, 0.3) is 0 Å². The zero-order valence-electron chi connectivity index (χ0n) is 14.1. The van der Waals surface area contributed by atoms with Crippen LogP contribution in [0, 0.1) is 5.92 Å². The van der Waals surface area contributed by atoms with Gasteiger partial charge in [-0.1, -0.05) is 37.1 Å². The first-order valence-electron chi connectivity index (χ1n) is 8.90. The van der Waals surface area contributed by atoms with Crippen LogP contribution in [0.2, 0.25) is 0 Å². The average Bonchev–Trinajstić information content (AvgIpc) is 3.08. The van der Waals surface area contributed by atoms with E-state index in [-0.39, 0.29) is 6.10 Å². The molecule has 128 valence electrons. The van der Waals surface area contributed by atoms with Crippen LogP contribution in [0.15, 0.2) is 53.5 Å². The second kappa shape index (κ2) is 7.15. The van der Waals surface area contributed by atoms with Crippen molar-refractivity contribution in [2.24, 2.45) is 10.9 Å². The maximum absolute atomic E-state index is 10.00. The van der Waals surface area contributed by atoms with Crippen LogP contribution in [0.4, 0.5) is 0 Å². The minimum Gasteiger partial charge on any atom is -0.393 e. The van der Waals surface area contributed by atoms with E-state index >= 15 is 0 Å². The molecule has 1 N–H and O–H groups in total. The van der Waals surface area contributed by atoms with Gasteiger partial charge in [-0.05, 0) is 42.7 Å². The number of aliphatic hydroxyl groups is 1. The Morgan fingerprint density at radius 1 is 1.00 bits per heavy atom. The number of benzene rings is 2. The summed E-state index contributed by atoms with van der Waals surface area (Å²) in [7, 11) is 0. The molecule has 0 unspecified atom stereocenters. The Morgan fingerprint density at radius 3 is 2.36 bits per heavy atom. The molecule has 5 nitrogen and oxygen atoms in total. The van der Waals surface area contributed by atoms with Gasteiger partial charge in [0.1, 0.15) is 11.0 Å². The van der Waals surface area contributed by atoms with Gasteiger partial charge < -0.3 is 5.11 Å². The van der Waals surface area contributed by atoms with Gasteiger partial charge >= 0.3 is 0 Å². The van der Waals surface area contributed by atoms with Gasteiger partial charge in [-0.15, -0.1) is 10.2 Å². The van der Waals surface area contributed by atoms with Crippen LogP contribution in [0.1, 0.15) is 31.2 Å². The smallest absolute Gasteiger partial charge is 0.113 e. The van der Waals surface area contributed by atoms with Gasteiger partial charge in [-0.25, -0.2) is 0 Å². The van der Waals surface area contributed by atoms with Gasteiger partial charge in [0.2, 0.25) is 0 Å². The maximum Gasteiger partial charge on any atom is 0.113 e. The number of hydrogen-bond donors (Lipinski definition) is 1. The maximum atomic E-state index is 10.00. The second-order valence-corrected chi connectivity index (χ2v) is 6.68. The number of aliphatic imine (C=N–C) groups is 1. The molecule has 0 saturated heterocycles. The molecule has 5 heteroatoms. The Kier molecular flexibility index (Phi) is 4.57. The van der Waals surface area contributed by atoms with Crippen molar-refractivity contribution in [3.05, 3.63) is 54.1 Å². The van der Waals surface area contributed by atoms with E-state index in [1.165, 1.54) is 6.42 Å². The van der Waals surface area contributed by atoms with Crippen molar-refractivity contribution in [3.63, 3.8) is 0 Å². The molecule has 1 aromatic heterocycles. The standard InChI is InChI=1S/C20H22N4O/c25-20-8-4-1-5-16(20)14-21-13-15-9-11-17(12-10-15)24-22-18-6-2-3-7-19(18)23-24/h2-3,6-7,9-13,16,20,25H,1,4-5,8,14H2/t16-,20+/m0/s1. The normalized spacial score (nSPS) is 21.2. The highest BCUT2D eigenvalue weighted by atomic mass is 16.3. The number of fused-ring (bicyclic) bond motifs is 1. The van der Waals surface area contributed by atoms with Gasteiger partial charge in [0, 0.05) is 18.7 Å². The van der Waals surface area contributed by atoms with E-state index < -0.39 is 0 Å². The number of aromatic nitrogens is 3. The second-order valence-electron chi connectivity index (χ2n) is 6.68. The fraction of sp³-hybridized carbons (Fsp3) is 0.350. The monoisotopic (exact) mass is 334 g/mol. The quantitative estimate of drug-likeness (QED) is 0.744. The fourth-order valence-electron chi connectivity index (χ4n) is 3.36. The zero-order chi connectivity index (χ0) is 17.1. The summed E-state index contributed by atoms with van der Waals surface area (Å²) in [6, 6.07) is 15.9. The Morgan fingerprint density at radius 2 is 1.68 bits per heavy atom. The molecule has 0 bridgehead atoms. The molecule has 3 aromatic rings. The van der Waals surface area contributed by atoms with Crippen molar-refractivity contribution in [1.82, 2.24) is 15.0 Å². The van der Waals surface area contributed by atoms with Gasteiger partial charge in [0.15, 0.2) is 0 Å². The lowest BCUT2D eigenvalue weighted by molar-refractivity contribution is 0.0746. The first kappa shape index (κ1) is 16.0. The van der Waals surface area contributed by atoms with E-state index in [0.717, 1.165) is 41.5 Å². The minimum absolute atomic E-state index is 0.187. The van der Waals surface area contributed by atoms with Crippen LogP contribution in [-0.4, -0.2) is 39.0 Å². The molecule has 2 atom stereocenters. The molecule has 2 aromatic carbocycles. The molecule has 0 amide bonds. The van der Waals surface area contributed by atoms with Gasteiger partial charge in [-0.2, -0.15) is 4.80 Å². The highest BCUT2D eigenvalue weighted by Gasteiger charge is 2.22. The molecule has 1 fully saturated rings. The zero-order valence-corrected chi connectivity index (χ0v) is 14.1. The summed E-state index contributed by atoms with van der Waals surface area (Å²) >= 11 is 0. The largest absolute Gasteiger partial charge is 0.393 e. The summed E-state index contributed by atoms with van der Waals surface area (Å²) in [4.78, 5) is 6.19. The molecule has 1 heterocycles. The summed E-state index contributed by atoms with van der Waals surface area (Å²) in [5, 5.41) is 19.0. The van der Waals surface area contributed by atoms with E-state index in [0.29, 0.717) is 12.5 Å². The number of aliphatic hydroxyl groups excluding tert-OH is 1. The van der Waals surface area contributed by atoms with Crippen molar-refractivity contribution < 1.29 is 5.11 Å². The predicted molar refractivity (Wildman–Crippen MR) is 99.3 cm³/mol. The molecule has 0 spiro atoms. The SMILES string of the molecule is O[C@@H]1CCCC[C@H]1CN=Cc1ccc(-n2nc3ccccc3n2)cc1. The first-order chi connectivity index (χ1) is 12.3. The molecule has 25 heavy (non-hydrogen) atoms. The lowest BCUT2D eigenvalue weighted by Gasteiger charge is -2.25. The average molecular weight is 334 g/mol. The van der Waals surface area contributed by atoms with Gasteiger partial charge in [0.05, 0.1) is 11.8 Å². The number of nitrogens with zero attached hydrogens (tertiary/aromatic N) is 4. The van der Waals surface area contributed by atoms with Crippen LogP contribution >= 0.6 is 0 Å². The summed E-state index contributed by atoms with van der Waals surface area (Å²) in [5.41, 5.74) is 3.75. The predicted octanol–water partition coefficient (Wildman–Crippen LogP) is 3.39. The first-order valence-corrected chi connectivity index (χ1v) is 8.90. The van der Waals surface area contributed by atoms with Crippen molar-refractivity contribution in [3.8, 4) is 5.69 Å². The van der Waals surface area contributed by atoms with Crippen molar-refractivity contribution in [2.45, 2.75) is 31.8 Å². The third-order valence-electron chi connectivity index (χ3n) is 4.86. The fourth-order valence-corrected chi connectivity index (χ4v) is 3.36. The number of rotatable bonds is 4. The Bertz CT molecular complexity index is 836. The van der Waals surface area contributed by atoms with E-state index in [2.05, 4.69) is 15.2 Å². The van der Waals surface area contributed by atoms with Gasteiger partial charge in [-0.3, -0.25) is 4.99 Å². The third kappa shape index (κ3) is 3.61. The molecular formula is C20H22N4O. The molecule has 1 aliphatic carbocycles. The van der Waals surface area contributed by atoms with E-state index in [4.69, 9.17) is 0 Å². The van der Waals surface area contributed by atoms with Crippen LogP contribution in [-0.2, 0) is 0 Å². The number of hydrogen-bond acceptors (Lipinski definition) is 4. The Labute approximate surface area is 147 Å². The molecule has 1 saturated carbocycles. The molecule has 0 aliphatic heterocycles. The summed E-state index contributed by atoms with van der Waals surface area (Å²) in [6.07, 6.45) is 6.04. The lowest BCUT2D eigenvalue weighted by atomic mass is 9.87. The lowest BCUT2D eigenvalue weighted by Crippen LogP contribution is -2.26. The minimum atomic E-state index is -0.187. The Balaban J connectivity index is 1.43. The van der Waals surface area contributed by atoms with Crippen molar-refractivity contribution in [2.75, 3.05) is 6.54 Å². The van der Waals surface area contributed by atoms with Crippen LogP contribution in [0.25, 0.3) is 16.7 Å². The summed E-state index contributed by atoms with van der Waals surface area (Å²) < 4.78 is 0. The van der Waals surface area contributed by atoms with E-state index in [1.807, 2.05) is 54.7 Å². The summed E-state index contributed by atoms with van der Waals surface area (Å²) in [6.45, 7) is 0.703. The van der Waals surface area contributed by atoms with Crippen LogP contribution in [0.5, 0.6) is 0 Å². The molecular weight excluding hydrogens is 312 g/mol. The van der Waals surface area contributed by atoms with Crippen LogP contribution < -0.4 is 0 Å².